The van der Waals surface area contributed by atoms with Crippen molar-refractivity contribution in [2.24, 2.45) is 10.9 Å². The van der Waals surface area contributed by atoms with Gasteiger partial charge in [-0.3, -0.25) is 9.89 Å². The van der Waals surface area contributed by atoms with Crippen molar-refractivity contribution in [1.29, 1.82) is 0 Å². The minimum Gasteiger partial charge on any atom is -0.379 e. The molecule has 1 saturated heterocycles. The molecule has 0 aromatic rings. The molecule has 0 aromatic carbocycles. The number of nitrogens with zero attached hydrogens (tertiary/aromatic N) is 3. The minimum atomic E-state index is 0.519. The Kier molecular flexibility index (Phi) is 11.9. The zero-order chi connectivity index (χ0) is 18.5. The maximum absolute atomic E-state index is 5.48. The molecule has 0 bridgehead atoms. The first-order chi connectivity index (χ1) is 12.1. The van der Waals surface area contributed by atoms with Gasteiger partial charge in [-0.15, -0.1) is 0 Å². The predicted molar refractivity (Wildman–Crippen MR) is 107 cm³/mol. The molecule has 0 aliphatic carbocycles. The summed E-state index contributed by atoms with van der Waals surface area (Å²) < 4.78 is 5.48. The summed E-state index contributed by atoms with van der Waals surface area (Å²) in [7, 11) is 1.85. The van der Waals surface area contributed by atoms with E-state index in [0.29, 0.717) is 12.0 Å². The highest BCUT2D eigenvalue weighted by Gasteiger charge is 2.23. The standard InChI is InChI=1S/C19H41N5O/c1-6-23(7-2)11-9-8-10-21-19(20-5)22-16-18(17(3)4)24-12-14-25-15-13-24/h17-18H,6-16H2,1-5H3,(H2,20,21,22). The Labute approximate surface area is 155 Å². The summed E-state index contributed by atoms with van der Waals surface area (Å²) in [6.07, 6.45) is 2.41. The van der Waals surface area contributed by atoms with E-state index >= 15 is 0 Å². The average molecular weight is 356 g/mol. The van der Waals surface area contributed by atoms with Gasteiger partial charge in [0, 0.05) is 39.3 Å². The maximum atomic E-state index is 5.48. The van der Waals surface area contributed by atoms with Gasteiger partial charge in [0.05, 0.1) is 13.2 Å². The summed E-state index contributed by atoms with van der Waals surface area (Å²) in [6.45, 7) is 18.2. The highest BCUT2D eigenvalue weighted by Crippen LogP contribution is 2.12. The third-order valence-corrected chi connectivity index (χ3v) is 5.07. The molecule has 0 aromatic heterocycles. The van der Waals surface area contributed by atoms with E-state index in [1.54, 1.807) is 0 Å². The smallest absolute Gasteiger partial charge is 0.191 e. The number of guanidine groups is 1. The SMILES string of the molecule is CCN(CC)CCCCNC(=NC)NCC(C(C)C)N1CCOCC1. The van der Waals surface area contributed by atoms with Gasteiger partial charge in [0.25, 0.3) is 0 Å². The Morgan fingerprint density at radius 2 is 1.80 bits per heavy atom. The molecular formula is C19H41N5O. The van der Waals surface area contributed by atoms with E-state index in [4.69, 9.17) is 4.74 Å². The number of nitrogens with one attached hydrogen (secondary N) is 2. The number of ether oxygens (including phenoxy) is 1. The second-order valence-corrected chi connectivity index (χ2v) is 7.07. The summed E-state index contributed by atoms with van der Waals surface area (Å²) in [4.78, 5) is 9.39. The molecular weight excluding hydrogens is 314 g/mol. The molecule has 6 nitrogen and oxygen atoms in total. The first kappa shape index (κ1) is 22.2. The summed E-state index contributed by atoms with van der Waals surface area (Å²) >= 11 is 0. The number of hydrogen-bond donors (Lipinski definition) is 2. The fourth-order valence-electron chi connectivity index (χ4n) is 3.32. The van der Waals surface area contributed by atoms with Crippen LogP contribution in [0.2, 0.25) is 0 Å². The van der Waals surface area contributed by atoms with E-state index in [1.807, 2.05) is 7.05 Å². The average Bonchev–Trinajstić information content (AvgIpc) is 2.63. The molecule has 0 saturated carbocycles. The Bertz CT molecular complexity index is 352. The number of hydrogen-bond acceptors (Lipinski definition) is 4. The highest BCUT2D eigenvalue weighted by atomic mass is 16.5. The van der Waals surface area contributed by atoms with Crippen LogP contribution in [-0.2, 0) is 4.74 Å². The molecule has 1 aliphatic rings. The third-order valence-electron chi connectivity index (χ3n) is 5.07. The van der Waals surface area contributed by atoms with Gasteiger partial charge in [0.1, 0.15) is 0 Å². The molecule has 1 rings (SSSR count). The van der Waals surface area contributed by atoms with Crippen LogP contribution in [0.3, 0.4) is 0 Å². The van der Waals surface area contributed by atoms with Crippen molar-refractivity contribution >= 4 is 5.96 Å². The van der Waals surface area contributed by atoms with Gasteiger partial charge in [-0.25, -0.2) is 0 Å². The first-order valence-electron chi connectivity index (χ1n) is 10.1. The van der Waals surface area contributed by atoms with Crippen LogP contribution >= 0.6 is 0 Å². The molecule has 0 radical (unpaired) electrons. The summed E-state index contributed by atoms with van der Waals surface area (Å²) in [5.41, 5.74) is 0. The van der Waals surface area contributed by atoms with E-state index in [9.17, 15) is 0 Å². The quantitative estimate of drug-likeness (QED) is 0.335. The number of rotatable bonds is 11. The van der Waals surface area contributed by atoms with Crippen LogP contribution in [0.25, 0.3) is 0 Å². The molecule has 1 aliphatic heterocycles. The highest BCUT2D eigenvalue weighted by molar-refractivity contribution is 5.79. The largest absolute Gasteiger partial charge is 0.379 e. The maximum Gasteiger partial charge on any atom is 0.191 e. The van der Waals surface area contributed by atoms with Crippen molar-refractivity contribution in [2.45, 2.75) is 46.6 Å². The van der Waals surface area contributed by atoms with Crippen molar-refractivity contribution in [3.63, 3.8) is 0 Å². The van der Waals surface area contributed by atoms with Gasteiger partial charge in [-0.1, -0.05) is 27.7 Å². The molecule has 0 amide bonds. The number of morpholine rings is 1. The van der Waals surface area contributed by atoms with E-state index in [2.05, 4.69) is 53.1 Å². The van der Waals surface area contributed by atoms with Crippen molar-refractivity contribution in [3.8, 4) is 0 Å². The van der Waals surface area contributed by atoms with Gasteiger partial charge in [-0.05, 0) is 38.4 Å². The molecule has 6 heteroatoms. The first-order valence-corrected chi connectivity index (χ1v) is 10.1. The van der Waals surface area contributed by atoms with Gasteiger partial charge < -0.3 is 20.3 Å². The molecule has 1 fully saturated rings. The molecule has 25 heavy (non-hydrogen) atoms. The summed E-state index contributed by atoms with van der Waals surface area (Å²) in [5, 5.41) is 6.97. The van der Waals surface area contributed by atoms with Crippen molar-refractivity contribution in [2.75, 3.05) is 66.1 Å². The Hall–Kier alpha value is -0.850. The lowest BCUT2D eigenvalue weighted by Crippen LogP contribution is -2.52. The lowest BCUT2D eigenvalue weighted by atomic mass is 10.0. The van der Waals surface area contributed by atoms with Crippen LogP contribution in [-0.4, -0.2) is 87.9 Å². The number of aliphatic imine (C=N–C) groups is 1. The fourth-order valence-corrected chi connectivity index (χ4v) is 3.32. The summed E-state index contributed by atoms with van der Waals surface area (Å²) in [5.74, 6) is 1.53. The predicted octanol–water partition coefficient (Wildman–Crippen LogP) is 1.63. The Balaban J connectivity index is 2.27. The molecule has 2 N–H and O–H groups in total. The van der Waals surface area contributed by atoms with E-state index in [-0.39, 0.29) is 0 Å². The fraction of sp³-hybridized carbons (Fsp3) is 0.947. The monoisotopic (exact) mass is 355 g/mol. The van der Waals surface area contributed by atoms with Crippen molar-refractivity contribution in [1.82, 2.24) is 20.4 Å². The van der Waals surface area contributed by atoms with Crippen molar-refractivity contribution < 1.29 is 4.74 Å². The molecule has 1 unspecified atom stereocenters. The van der Waals surface area contributed by atoms with Crippen molar-refractivity contribution in [3.05, 3.63) is 0 Å². The minimum absolute atomic E-state index is 0.519. The molecule has 1 heterocycles. The van der Waals surface area contributed by atoms with Gasteiger partial charge >= 0.3 is 0 Å². The van der Waals surface area contributed by atoms with Crippen LogP contribution < -0.4 is 10.6 Å². The van der Waals surface area contributed by atoms with Gasteiger partial charge in [-0.2, -0.15) is 0 Å². The Morgan fingerprint density at radius 3 is 2.36 bits per heavy atom. The number of unbranched alkanes of at least 4 members (excludes halogenated alkanes) is 1. The zero-order valence-corrected chi connectivity index (χ0v) is 17.2. The molecule has 148 valence electrons. The van der Waals surface area contributed by atoms with E-state index < -0.39 is 0 Å². The van der Waals surface area contributed by atoms with Crippen LogP contribution in [0.5, 0.6) is 0 Å². The second kappa shape index (κ2) is 13.4. The van der Waals surface area contributed by atoms with Crippen LogP contribution in [0.1, 0.15) is 40.5 Å². The van der Waals surface area contributed by atoms with E-state index in [0.717, 1.165) is 58.4 Å². The second-order valence-electron chi connectivity index (χ2n) is 7.07. The van der Waals surface area contributed by atoms with Crippen LogP contribution in [0, 0.1) is 5.92 Å². The Morgan fingerprint density at radius 1 is 1.12 bits per heavy atom. The lowest BCUT2D eigenvalue weighted by molar-refractivity contribution is 0.00752. The van der Waals surface area contributed by atoms with E-state index in [1.165, 1.54) is 19.4 Å². The zero-order valence-electron chi connectivity index (χ0n) is 17.2. The third kappa shape index (κ3) is 8.88. The van der Waals surface area contributed by atoms with Crippen LogP contribution in [0.15, 0.2) is 4.99 Å². The normalized spacial score (nSPS) is 18.0. The molecule has 0 spiro atoms. The lowest BCUT2D eigenvalue weighted by Gasteiger charge is -2.37. The van der Waals surface area contributed by atoms with Gasteiger partial charge in [0.2, 0.25) is 0 Å². The van der Waals surface area contributed by atoms with Crippen LogP contribution in [0.4, 0.5) is 0 Å². The topological polar surface area (TPSA) is 52.1 Å². The summed E-state index contributed by atoms with van der Waals surface area (Å²) in [6, 6.07) is 0.519. The van der Waals surface area contributed by atoms with Gasteiger partial charge in [0.15, 0.2) is 5.96 Å². The molecule has 1 atom stereocenters.